The van der Waals surface area contributed by atoms with E-state index < -0.39 is 5.97 Å². The molecule has 96 valence electrons. The summed E-state index contributed by atoms with van der Waals surface area (Å²) in [5.41, 5.74) is 1.21. The molecule has 19 heavy (non-hydrogen) atoms. The Morgan fingerprint density at radius 3 is 2.53 bits per heavy atom. The summed E-state index contributed by atoms with van der Waals surface area (Å²) in [6, 6.07) is 13.4. The van der Waals surface area contributed by atoms with E-state index in [1.54, 1.807) is 42.5 Å². The Balaban J connectivity index is 2.19. The fraction of sp³-hybridized carbons (Fsp3) is 0.0667. The standard InChI is InChI=1S/C15H12O4/c16-9-11-5-2-4-8-14(11)19-10-12-6-1-3-7-13(12)15(17)18/h1-9H,10H2,(H,17,18). The maximum absolute atomic E-state index is 11.0. The van der Waals surface area contributed by atoms with Gasteiger partial charge in [0.25, 0.3) is 0 Å². The Labute approximate surface area is 110 Å². The van der Waals surface area contributed by atoms with Crippen LogP contribution < -0.4 is 4.74 Å². The number of para-hydroxylation sites is 1. The zero-order valence-electron chi connectivity index (χ0n) is 10.1. The molecular weight excluding hydrogens is 244 g/mol. The number of ether oxygens (including phenoxy) is 1. The van der Waals surface area contributed by atoms with Gasteiger partial charge in [0.05, 0.1) is 11.1 Å². The van der Waals surface area contributed by atoms with E-state index in [1.807, 2.05) is 0 Å². The fourth-order valence-corrected chi connectivity index (χ4v) is 1.72. The van der Waals surface area contributed by atoms with E-state index in [0.29, 0.717) is 23.2 Å². The molecule has 0 heterocycles. The number of carbonyl (C=O) groups excluding carboxylic acids is 1. The van der Waals surface area contributed by atoms with Crippen molar-refractivity contribution in [2.24, 2.45) is 0 Å². The first-order valence-electron chi connectivity index (χ1n) is 5.70. The van der Waals surface area contributed by atoms with Crippen molar-refractivity contribution < 1.29 is 19.4 Å². The normalized spacial score (nSPS) is 9.89. The van der Waals surface area contributed by atoms with Crippen molar-refractivity contribution in [2.75, 3.05) is 0 Å². The largest absolute Gasteiger partial charge is 0.488 e. The SMILES string of the molecule is O=Cc1ccccc1OCc1ccccc1C(=O)O. The van der Waals surface area contributed by atoms with E-state index >= 15 is 0 Å². The molecule has 0 aliphatic heterocycles. The molecule has 0 aliphatic rings. The van der Waals surface area contributed by atoms with Crippen LogP contribution >= 0.6 is 0 Å². The number of rotatable bonds is 5. The first-order chi connectivity index (χ1) is 9.22. The third-order valence-corrected chi connectivity index (χ3v) is 2.68. The van der Waals surface area contributed by atoms with Crippen molar-refractivity contribution in [1.82, 2.24) is 0 Å². The maximum Gasteiger partial charge on any atom is 0.336 e. The van der Waals surface area contributed by atoms with Crippen LogP contribution in [0.15, 0.2) is 48.5 Å². The molecule has 0 spiro atoms. The molecule has 0 amide bonds. The Morgan fingerprint density at radius 2 is 1.79 bits per heavy atom. The van der Waals surface area contributed by atoms with Gasteiger partial charge in [-0.05, 0) is 18.2 Å². The lowest BCUT2D eigenvalue weighted by atomic mass is 10.1. The number of carbonyl (C=O) groups is 2. The smallest absolute Gasteiger partial charge is 0.336 e. The molecule has 0 saturated carbocycles. The van der Waals surface area contributed by atoms with Crippen molar-refractivity contribution in [1.29, 1.82) is 0 Å². The highest BCUT2D eigenvalue weighted by Crippen LogP contribution is 2.18. The Hall–Kier alpha value is -2.62. The van der Waals surface area contributed by atoms with Crippen LogP contribution in [0.3, 0.4) is 0 Å². The molecule has 1 N–H and O–H groups in total. The number of aldehydes is 1. The van der Waals surface area contributed by atoms with Crippen LogP contribution in [0.2, 0.25) is 0 Å². The molecule has 0 radical (unpaired) electrons. The molecular formula is C15H12O4. The number of benzene rings is 2. The van der Waals surface area contributed by atoms with E-state index in [1.165, 1.54) is 6.07 Å². The van der Waals surface area contributed by atoms with Crippen LogP contribution in [0.25, 0.3) is 0 Å². The van der Waals surface area contributed by atoms with E-state index in [0.717, 1.165) is 0 Å². The highest BCUT2D eigenvalue weighted by molar-refractivity contribution is 5.89. The van der Waals surface area contributed by atoms with Gasteiger partial charge < -0.3 is 9.84 Å². The van der Waals surface area contributed by atoms with Gasteiger partial charge in [0.2, 0.25) is 0 Å². The molecule has 2 rings (SSSR count). The highest BCUT2D eigenvalue weighted by Gasteiger charge is 2.10. The predicted octanol–water partition coefficient (Wildman–Crippen LogP) is 2.78. The van der Waals surface area contributed by atoms with Gasteiger partial charge >= 0.3 is 5.97 Å². The summed E-state index contributed by atoms with van der Waals surface area (Å²) in [6.45, 7) is 0.104. The summed E-state index contributed by atoms with van der Waals surface area (Å²) in [7, 11) is 0. The fourth-order valence-electron chi connectivity index (χ4n) is 1.72. The number of hydrogen-bond acceptors (Lipinski definition) is 3. The summed E-state index contributed by atoms with van der Waals surface area (Å²) in [4.78, 5) is 21.9. The third-order valence-electron chi connectivity index (χ3n) is 2.68. The number of hydrogen-bond donors (Lipinski definition) is 1. The van der Waals surface area contributed by atoms with Crippen LogP contribution in [0, 0.1) is 0 Å². The van der Waals surface area contributed by atoms with Crippen molar-refractivity contribution in [3.63, 3.8) is 0 Å². The van der Waals surface area contributed by atoms with Crippen LogP contribution in [0.5, 0.6) is 5.75 Å². The zero-order valence-corrected chi connectivity index (χ0v) is 10.1. The van der Waals surface area contributed by atoms with Gasteiger partial charge in [0.1, 0.15) is 12.4 Å². The molecule has 0 fully saturated rings. The second-order valence-corrected chi connectivity index (χ2v) is 3.91. The Bertz CT molecular complexity index is 605. The molecule has 2 aromatic carbocycles. The minimum atomic E-state index is -0.997. The molecule has 4 nitrogen and oxygen atoms in total. The minimum Gasteiger partial charge on any atom is -0.488 e. The van der Waals surface area contributed by atoms with Crippen molar-refractivity contribution >= 4 is 12.3 Å². The first kappa shape index (κ1) is 12.8. The average Bonchev–Trinajstić information content (AvgIpc) is 2.45. The molecule has 0 atom stereocenters. The van der Waals surface area contributed by atoms with Gasteiger partial charge in [-0.25, -0.2) is 4.79 Å². The average molecular weight is 256 g/mol. The second kappa shape index (κ2) is 5.82. The van der Waals surface area contributed by atoms with Crippen LogP contribution in [-0.2, 0) is 6.61 Å². The first-order valence-corrected chi connectivity index (χ1v) is 5.70. The van der Waals surface area contributed by atoms with Crippen LogP contribution in [0.4, 0.5) is 0 Å². The van der Waals surface area contributed by atoms with Crippen LogP contribution in [0.1, 0.15) is 26.3 Å². The highest BCUT2D eigenvalue weighted by atomic mass is 16.5. The number of carboxylic acid groups (broad SMARTS) is 1. The van der Waals surface area contributed by atoms with E-state index in [4.69, 9.17) is 9.84 Å². The topological polar surface area (TPSA) is 63.6 Å². The lowest BCUT2D eigenvalue weighted by Gasteiger charge is -2.10. The second-order valence-electron chi connectivity index (χ2n) is 3.91. The van der Waals surface area contributed by atoms with Gasteiger partial charge in [-0.15, -0.1) is 0 Å². The minimum absolute atomic E-state index is 0.104. The monoisotopic (exact) mass is 256 g/mol. The lowest BCUT2D eigenvalue weighted by Crippen LogP contribution is -2.06. The number of carboxylic acids is 1. The molecule has 0 unspecified atom stereocenters. The molecule has 0 bridgehead atoms. The van der Waals surface area contributed by atoms with Gasteiger partial charge in [0, 0.05) is 5.56 Å². The summed E-state index contributed by atoms with van der Waals surface area (Å²) in [6.07, 6.45) is 0.707. The molecule has 0 aromatic heterocycles. The van der Waals surface area contributed by atoms with Gasteiger partial charge in [-0.1, -0.05) is 30.3 Å². The van der Waals surface area contributed by atoms with Gasteiger partial charge in [-0.2, -0.15) is 0 Å². The lowest BCUT2D eigenvalue weighted by molar-refractivity contribution is 0.0693. The molecule has 4 heteroatoms. The van der Waals surface area contributed by atoms with Crippen molar-refractivity contribution in [3.05, 3.63) is 65.2 Å². The molecule has 2 aromatic rings. The summed E-state index contributed by atoms with van der Waals surface area (Å²) < 4.78 is 5.51. The molecule has 0 saturated heterocycles. The molecule has 0 aliphatic carbocycles. The summed E-state index contributed by atoms with van der Waals surface area (Å²) in [5.74, 6) is -0.555. The Morgan fingerprint density at radius 1 is 1.11 bits per heavy atom. The Kier molecular flexibility index (Phi) is 3.93. The van der Waals surface area contributed by atoms with Crippen molar-refractivity contribution in [3.8, 4) is 5.75 Å². The predicted molar refractivity (Wildman–Crippen MR) is 69.6 cm³/mol. The number of aromatic carboxylic acids is 1. The van der Waals surface area contributed by atoms with E-state index in [9.17, 15) is 9.59 Å². The van der Waals surface area contributed by atoms with Crippen molar-refractivity contribution in [2.45, 2.75) is 6.61 Å². The van der Waals surface area contributed by atoms with Gasteiger partial charge in [0.15, 0.2) is 6.29 Å². The maximum atomic E-state index is 11.0. The zero-order chi connectivity index (χ0) is 13.7. The summed E-state index contributed by atoms with van der Waals surface area (Å²) >= 11 is 0. The summed E-state index contributed by atoms with van der Waals surface area (Å²) in [5, 5.41) is 9.05. The quantitative estimate of drug-likeness (QED) is 0.835. The van der Waals surface area contributed by atoms with Crippen LogP contribution in [-0.4, -0.2) is 17.4 Å². The third kappa shape index (κ3) is 2.98. The van der Waals surface area contributed by atoms with E-state index in [2.05, 4.69) is 0 Å². The van der Waals surface area contributed by atoms with Gasteiger partial charge in [-0.3, -0.25) is 4.79 Å². The van der Waals surface area contributed by atoms with E-state index in [-0.39, 0.29) is 12.2 Å².